The quantitative estimate of drug-likeness (QED) is 0.890. The predicted molar refractivity (Wildman–Crippen MR) is 81.9 cm³/mol. The molecule has 0 radical (unpaired) electrons. The fraction of sp³-hybridized carbons (Fsp3) is 0.467. The average molecular weight is 293 g/mol. The summed E-state index contributed by atoms with van der Waals surface area (Å²) in [6.45, 7) is 9.05. The number of nitrogens with zero attached hydrogens (tertiary/aromatic N) is 3. The summed E-state index contributed by atoms with van der Waals surface area (Å²) in [4.78, 5) is 4.00. The van der Waals surface area contributed by atoms with Crippen LogP contribution >= 0.6 is 11.6 Å². The van der Waals surface area contributed by atoms with Gasteiger partial charge in [0.15, 0.2) is 0 Å². The van der Waals surface area contributed by atoms with Gasteiger partial charge in [-0.2, -0.15) is 5.10 Å². The van der Waals surface area contributed by atoms with E-state index in [-0.39, 0.29) is 0 Å². The van der Waals surface area contributed by atoms with Crippen LogP contribution in [0.4, 0.5) is 0 Å². The molecule has 5 heteroatoms. The van der Waals surface area contributed by atoms with Crippen LogP contribution < -0.4 is 5.32 Å². The second kappa shape index (κ2) is 6.86. The van der Waals surface area contributed by atoms with Crippen molar-refractivity contribution in [2.45, 2.75) is 33.9 Å². The molecule has 0 saturated carbocycles. The van der Waals surface area contributed by atoms with E-state index >= 15 is 0 Å². The first kappa shape index (κ1) is 15.0. The number of pyridine rings is 1. The molecule has 0 spiro atoms. The summed E-state index contributed by atoms with van der Waals surface area (Å²) in [6, 6.07) is 1.93. The second-order valence-corrected chi connectivity index (χ2v) is 5.81. The van der Waals surface area contributed by atoms with Gasteiger partial charge in [-0.05, 0) is 31.0 Å². The third-order valence-electron chi connectivity index (χ3n) is 3.25. The highest BCUT2D eigenvalue weighted by Crippen LogP contribution is 2.16. The molecule has 0 unspecified atom stereocenters. The Morgan fingerprint density at radius 3 is 2.80 bits per heavy atom. The lowest BCUT2D eigenvalue weighted by molar-refractivity contribution is 0.550. The van der Waals surface area contributed by atoms with Crippen LogP contribution in [-0.4, -0.2) is 21.3 Å². The van der Waals surface area contributed by atoms with Gasteiger partial charge in [0.1, 0.15) is 0 Å². The first-order valence-electron chi connectivity index (χ1n) is 6.88. The molecule has 0 saturated heterocycles. The molecular weight excluding hydrogens is 272 g/mol. The Morgan fingerprint density at radius 2 is 2.10 bits per heavy atom. The highest BCUT2D eigenvalue weighted by atomic mass is 35.5. The fourth-order valence-electron chi connectivity index (χ4n) is 2.01. The zero-order valence-corrected chi connectivity index (χ0v) is 13.0. The van der Waals surface area contributed by atoms with Gasteiger partial charge >= 0.3 is 0 Å². The lowest BCUT2D eigenvalue weighted by Gasteiger charge is -2.09. The van der Waals surface area contributed by atoms with Crippen molar-refractivity contribution in [3.8, 4) is 0 Å². The van der Waals surface area contributed by atoms with Crippen LogP contribution in [-0.2, 0) is 13.1 Å². The highest BCUT2D eigenvalue weighted by molar-refractivity contribution is 6.31. The number of halogens is 1. The first-order chi connectivity index (χ1) is 9.58. The summed E-state index contributed by atoms with van der Waals surface area (Å²) < 4.78 is 1.98. The van der Waals surface area contributed by atoms with E-state index in [0.717, 1.165) is 18.7 Å². The Bertz CT molecular complexity index is 563. The van der Waals surface area contributed by atoms with Crippen LogP contribution in [0.15, 0.2) is 24.7 Å². The molecule has 4 nitrogen and oxygen atoms in total. The third-order valence-corrected chi connectivity index (χ3v) is 3.59. The van der Waals surface area contributed by atoms with Crippen molar-refractivity contribution in [3.63, 3.8) is 0 Å². The first-order valence-corrected chi connectivity index (χ1v) is 7.26. The van der Waals surface area contributed by atoms with Crippen LogP contribution in [0.5, 0.6) is 0 Å². The van der Waals surface area contributed by atoms with Crippen molar-refractivity contribution in [2.75, 3.05) is 6.54 Å². The Morgan fingerprint density at radius 1 is 1.30 bits per heavy atom. The van der Waals surface area contributed by atoms with Gasteiger partial charge in [0, 0.05) is 30.2 Å². The lowest BCUT2D eigenvalue weighted by Crippen LogP contribution is -2.19. The average Bonchev–Trinajstić information content (AvgIpc) is 2.74. The summed E-state index contributed by atoms with van der Waals surface area (Å²) in [5.74, 6) is 0.654. The van der Waals surface area contributed by atoms with Crippen LogP contribution in [0.3, 0.4) is 0 Å². The number of rotatable bonds is 6. The van der Waals surface area contributed by atoms with Gasteiger partial charge < -0.3 is 5.32 Å². The maximum atomic E-state index is 6.14. The van der Waals surface area contributed by atoms with Gasteiger partial charge in [-0.3, -0.25) is 9.67 Å². The molecule has 0 atom stereocenters. The molecule has 1 N–H and O–H groups in total. The smallest absolute Gasteiger partial charge is 0.0678 e. The summed E-state index contributed by atoms with van der Waals surface area (Å²) in [5.41, 5.74) is 3.44. The predicted octanol–water partition coefficient (Wildman–Crippen LogP) is 3.03. The summed E-state index contributed by atoms with van der Waals surface area (Å²) >= 11 is 6.14. The molecule has 0 aliphatic carbocycles. The number of hydrogen-bond donors (Lipinski definition) is 1. The Balaban J connectivity index is 2.03. The van der Waals surface area contributed by atoms with E-state index in [1.165, 1.54) is 11.3 Å². The standard InChI is InChI=1S/C15H21ClN4/c1-11(2)6-18-7-14-8-19-20(12(14)3)10-13-4-5-17-9-15(13)16/h4-5,8-9,11,18H,6-7,10H2,1-3H3. The van der Waals surface area contributed by atoms with Crippen molar-refractivity contribution >= 4 is 11.6 Å². The number of nitrogens with one attached hydrogen (secondary N) is 1. The van der Waals surface area contributed by atoms with E-state index in [0.29, 0.717) is 17.5 Å². The van der Waals surface area contributed by atoms with Gasteiger partial charge in [0.25, 0.3) is 0 Å². The molecule has 0 fully saturated rings. The summed E-state index contributed by atoms with van der Waals surface area (Å²) in [7, 11) is 0. The van der Waals surface area contributed by atoms with Crippen molar-refractivity contribution in [3.05, 3.63) is 46.5 Å². The molecule has 2 rings (SSSR count). The molecule has 108 valence electrons. The Kier molecular flexibility index (Phi) is 5.15. The van der Waals surface area contributed by atoms with Gasteiger partial charge in [-0.15, -0.1) is 0 Å². The molecule has 20 heavy (non-hydrogen) atoms. The second-order valence-electron chi connectivity index (χ2n) is 5.40. The van der Waals surface area contributed by atoms with Gasteiger partial charge in [-0.25, -0.2) is 0 Å². The molecule has 0 aliphatic heterocycles. The maximum Gasteiger partial charge on any atom is 0.0678 e. The molecule has 0 aliphatic rings. The number of hydrogen-bond acceptors (Lipinski definition) is 3. The van der Waals surface area contributed by atoms with Crippen molar-refractivity contribution in [1.29, 1.82) is 0 Å². The zero-order valence-electron chi connectivity index (χ0n) is 12.2. The van der Waals surface area contributed by atoms with Crippen molar-refractivity contribution in [1.82, 2.24) is 20.1 Å². The largest absolute Gasteiger partial charge is 0.312 e. The van der Waals surface area contributed by atoms with Crippen molar-refractivity contribution < 1.29 is 0 Å². The lowest BCUT2D eigenvalue weighted by atomic mass is 10.2. The monoisotopic (exact) mass is 292 g/mol. The van der Waals surface area contributed by atoms with E-state index in [4.69, 9.17) is 11.6 Å². The SMILES string of the molecule is Cc1c(CNCC(C)C)cnn1Cc1ccncc1Cl. The minimum absolute atomic E-state index is 0.654. The molecule has 2 aromatic rings. The van der Waals surface area contributed by atoms with Crippen LogP contribution in [0.1, 0.15) is 30.7 Å². The van der Waals surface area contributed by atoms with E-state index in [1.807, 2.05) is 16.9 Å². The highest BCUT2D eigenvalue weighted by Gasteiger charge is 2.08. The minimum atomic E-state index is 0.654. The van der Waals surface area contributed by atoms with E-state index in [9.17, 15) is 0 Å². The minimum Gasteiger partial charge on any atom is -0.312 e. The molecular formula is C15H21ClN4. The third kappa shape index (κ3) is 3.81. The molecule has 0 bridgehead atoms. The van der Waals surface area contributed by atoms with E-state index in [1.54, 1.807) is 12.4 Å². The van der Waals surface area contributed by atoms with Gasteiger partial charge in [0.05, 0.1) is 17.8 Å². The van der Waals surface area contributed by atoms with E-state index < -0.39 is 0 Å². The van der Waals surface area contributed by atoms with E-state index in [2.05, 4.69) is 36.2 Å². The molecule has 0 amide bonds. The number of aromatic nitrogens is 3. The summed E-state index contributed by atoms with van der Waals surface area (Å²) in [6.07, 6.45) is 5.35. The van der Waals surface area contributed by atoms with Gasteiger partial charge in [0.2, 0.25) is 0 Å². The fourth-order valence-corrected chi connectivity index (χ4v) is 2.19. The van der Waals surface area contributed by atoms with Gasteiger partial charge in [-0.1, -0.05) is 25.4 Å². The topological polar surface area (TPSA) is 42.7 Å². The van der Waals surface area contributed by atoms with Crippen LogP contribution in [0.2, 0.25) is 5.02 Å². The molecule has 2 aromatic heterocycles. The zero-order chi connectivity index (χ0) is 14.5. The summed E-state index contributed by atoms with van der Waals surface area (Å²) in [5, 5.41) is 8.57. The Labute approximate surface area is 125 Å². The van der Waals surface area contributed by atoms with Crippen LogP contribution in [0.25, 0.3) is 0 Å². The molecule has 0 aromatic carbocycles. The maximum absolute atomic E-state index is 6.14. The molecule has 2 heterocycles. The Hall–Kier alpha value is -1.39. The van der Waals surface area contributed by atoms with Crippen molar-refractivity contribution in [2.24, 2.45) is 5.92 Å². The normalized spacial score (nSPS) is 11.2. The van der Waals surface area contributed by atoms with Crippen LogP contribution in [0, 0.1) is 12.8 Å².